The highest BCUT2D eigenvalue weighted by atomic mass is 19.1. The van der Waals surface area contributed by atoms with Crippen molar-refractivity contribution < 1.29 is 23.5 Å². The lowest BCUT2D eigenvalue weighted by Gasteiger charge is -2.35. The molecule has 2 heterocycles. The van der Waals surface area contributed by atoms with Gasteiger partial charge in [-0.3, -0.25) is 14.5 Å². The molecule has 0 bridgehead atoms. The van der Waals surface area contributed by atoms with E-state index in [2.05, 4.69) is 10.2 Å². The molecule has 180 valence electrons. The number of piperazine rings is 1. The Bertz CT molecular complexity index is 1090. The van der Waals surface area contributed by atoms with Gasteiger partial charge in [-0.15, -0.1) is 0 Å². The largest absolute Gasteiger partial charge is 0.448 e. The molecule has 2 aromatic rings. The molecule has 0 unspecified atom stereocenters. The van der Waals surface area contributed by atoms with Gasteiger partial charge in [0.15, 0.2) is 17.3 Å². The second-order valence-corrected chi connectivity index (χ2v) is 9.37. The fourth-order valence-corrected chi connectivity index (χ4v) is 5.00. The number of nitrogens with zero attached hydrogens (tertiary/aromatic N) is 2. The molecule has 1 spiro atoms. The summed E-state index contributed by atoms with van der Waals surface area (Å²) >= 11 is 0. The molecular weight excluding hydrogens is 437 g/mol. The minimum Gasteiger partial charge on any atom is -0.448 e. The number of hydrogen-bond acceptors (Lipinski definition) is 6. The molecule has 3 aliphatic rings. The summed E-state index contributed by atoms with van der Waals surface area (Å²) in [7, 11) is 0. The molecule has 5 rings (SSSR count). The summed E-state index contributed by atoms with van der Waals surface area (Å²) in [6, 6.07) is 10.1. The van der Waals surface area contributed by atoms with Crippen molar-refractivity contribution in [3.05, 3.63) is 47.8 Å². The average molecular weight is 468 g/mol. The molecular formula is C26H30FN3O4. The molecule has 1 saturated heterocycles. The van der Waals surface area contributed by atoms with E-state index in [1.165, 1.54) is 19.4 Å². The van der Waals surface area contributed by atoms with Crippen LogP contribution in [0.2, 0.25) is 0 Å². The van der Waals surface area contributed by atoms with E-state index in [9.17, 15) is 14.0 Å². The predicted octanol–water partition coefficient (Wildman–Crippen LogP) is 4.22. The third-order valence-electron chi connectivity index (χ3n) is 6.87. The van der Waals surface area contributed by atoms with Crippen molar-refractivity contribution in [3.63, 3.8) is 0 Å². The summed E-state index contributed by atoms with van der Waals surface area (Å²) in [5, 5.41) is 2.96. The zero-order valence-corrected chi connectivity index (χ0v) is 19.4. The number of carbonyl (C=O) groups excluding carboxylic acids is 2. The monoisotopic (exact) mass is 467 g/mol. The Kier molecular flexibility index (Phi) is 6.16. The number of halogens is 1. The van der Waals surface area contributed by atoms with Crippen LogP contribution in [-0.4, -0.2) is 55.1 Å². The predicted molar refractivity (Wildman–Crippen MR) is 127 cm³/mol. The van der Waals surface area contributed by atoms with E-state index < -0.39 is 11.6 Å². The Balaban J connectivity index is 1.13. The summed E-state index contributed by atoms with van der Waals surface area (Å²) in [5.74, 6) is 0.241. The molecule has 0 atom stereocenters. The zero-order chi connectivity index (χ0) is 23.7. The van der Waals surface area contributed by atoms with Crippen LogP contribution in [0.1, 0.15) is 49.4 Å². The first-order valence-electron chi connectivity index (χ1n) is 12.0. The van der Waals surface area contributed by atoms with Crippen molar-refractivity contribution in [2.75, 3.05) is 42.9 Å². The molecule has 1 N–H and O–H groups in total. The number of ether oxygens (including phenoxy) is 2. The van der Waals surface area contributed by atoms with Gasteiger partial charge in [-0.25, -0.2) is 4.39 Å². The number of fused-ring (bicyclic) bond motifs is 1. The van der Waals surface area contributed by atoms with Crippen LogP contribution < -0.4 is 19.7 Å². The highest BCUT2D eigenvalue weighted by molar-refractivity contribution is 5.94. The van der Waals surface area contributed by atoms with Gasteiger partial charge < -0.3 is 19.7 Å². The fraction of sp³-hybridized carbons (Fsp3) is 0.462. The number of anilines is 2. The van der Waals surface area contributed by atoms with E-state index in [-0.39, 0.29) is 18.2 Å². The molecule has 7 nitrogen and oxygen atoms in total. The quantitative estimate of drug-likeness (QED) is 0.664. The second-order valence-electron chi connectivity index (χ2n) is 9.37. The smallest absolute Gasteiger partial charge is 0.251 e. The number of benzene rings is 2. The summed E-state index contributed by atoms with van der Waals surface area (Å²) < 4.78 is 26.7. The molecule has 8 heteroatoms. The van der Waals surface area contributed by atoms with Crippen molar-refractivity contribution in [1.82, 2.24) is 4.90 Å². The van der Waals surface area contributed by atoms with Crippen molar-refractivity contribution >= 4 is 23.1 Å². The summed E-state index contributed by atoms with van der Waals surface area (Å²) in [4.78, 5) is 28.1. The number of carbonyl (C=O) groups is 2. The van der Waals surface area contributed by atoms with E-state index in [0.29, 0.717) is 48.9 Å². The van der Waals surface area contributed by atoms with Crippen molar-refractivity contribution in [1.29, 1.82) is 0 Å². The topological polar surface area (TPSA) is 71.1 Å². The van der Waals surface area contributed by atoms with E-state index in [1.54, 1.807) is 12.1 Å². The van der Waals surface area contributed by atoms with Crippen LogP contribution in [0.5, 0.6) is 11.5 Å². The maximum atomic E-state index is 14.5. The first-order valence-corrected chi connectivity index (χ1v) is 12.0. The van der Waals surface area contributed by atoms with Crippen molar-refractivity contribution in [3.8, 4) is 11.5 Å². The van der Waals surface area contributed by atoms with Gasteiger partial charge in [0.05, 0.1) is 12.2 Å². The van der Waals surface area contributed by atoms with Crippen LogP contribution in [0, 0.1) is 5.82 Å². The Hall–Kier alpha value is -3.13. The number of Topliss-reactive ketones (excluding diaryl/α,β-unsaturated/α-hetero) is 1. The third kappa shape index (κ3) is 4.73. The minimum absolute atomic E-state index is 0.100. The van der Waals surface area contributed by atoms with E-state index in [0.717, 1.165) is 31.4 Å². The van der Waals surface area contributed by atoms with Crippen LogP contribution in [-0.2, 0) is 4.79 Å². The van der Waals surface area contributed by atoms with E-state index >= 15 is 0 Å². The lowest BCUT2D eigenvalue weighted by Crippen LogP contribution is -2.48. The molecule has 34 heavy (non-hydrogen) atoms. The molecule has 2 aliphatic heterocycles. The average Bonchev–Trinajstić information content (AvgIpc) is 3.16. The van der Waals surface area contributed by atoms with E-state index in [1.807, 2.05) is 23.1 Å². The van der Waals surface area contributed by atoms with Gasteiger partial charge in [-0.1, -0.05) is 6.42 Å². The normalized spacial score (nSPS) is 19.3. The Labute approximate surface area is 198 Å². The maximum Gasteiger partial charge on any atom is 0.251 e. The molecule has 1 saturated carbocycles. The second kappa shape index (κ2) is 9.25. The molecule has 2 fully saturated rings. The van der Waals surface area contributed by atoms with Gasteiger partial charge >= 0.3 is 0 Å². The van der Waals surface area contributed by atoms with Crippen LogP contribution in [0.4, 0.5) is 15.8 Å². The van der Waals surface area contributed by atoms with Gasteiger partial charge in [0.25, 0.3) is 5.79 Å². The van der Waals surface area contributed by atoms with Gasteiger partial charge in [0, 0.05) is 56.3 Å². The summed E-state index contributed by atoms with van der Waals surface area (Å²) in [6.07, 6.45) is 5.18. The van der Waals surface area contributed by atoms with E-state index in [4.69, 9.17) is 9.47 Å². The molecule has 0 radical (unpaired) electrons. The van der Waals surface area contributed by atoms with Crippen molar-refractivity contribution in [2.24, 2.45) is 0 Å². The number of amides is 1. The first-order chi connectivity index (χ1) is 16.4. The zero-order valence-electron chi connectivity index (χ0n) is 19.4. The Morgan fingerprint density at radius 3 is 2.41 bits per heavy atom. The number of rotatable bonds is 5. The standard InChI is InChI=1S/C26H30FN3O4/c1-18(31)19-5-7-22(21(27)15-19)30-13-11-29(12-14-30)17-25(32)28-20-6-8-23-24(16-20)34-26(33-23)9-3-2-4-10-26/h5-8,15-16H,2-4,9-14,17H2,1H3,(H,28,32). The molecule has 2 aromatic carbocycles. The number of ketones is 1. The summed E-state index contributed by atoms with van der Waals surface area (Å²) in [5.41, 5.74) is 1.55. The Morgan fingerprint density at radius 1 is 0.971 bits per heavy atom. The molecule has 1 aliphatic carbocycles. The highest BCUT2D eigenvalue weighted by Gasteiger charge is 2.42. The summed E-state index contributed by atoms with van der Waals surface area (Å²) in [6.45, 7) is 4.19. The number of hydrogen-bond donors (Lipinski definition) is 1. The molecule has 1 amide bonds. The van der Waals surface area contributed by atoms with Crippen LogP contribution in [0.15, 0.2) is 36.4 Å². The van der Waals surface area contributed by atoms with Crippen LogP contribution in [0.25, 0.3) is 0 Å². The third-order valence-corrected chi connectivity index (χ3v) is 6.87. The lowest BCUT2D eigenvalue weighted by molar-refractivity contribution is -0.117. The Morgan fingerprint density at radius 2 is 1.71 bits per heavy atom. The van der Waals surface area contributed by atoms with Crippen molar-refractivity contribution in [2.45, 2.75) is 44.8 Å². The van der Waals surface area contributed by atoms with Crippen LogP contribution >= 0.6 is 0 Å². The SMILES string of the molecule is CC(=O)c1ccc(N2CCN(CC(=O)Nc3ccc4c(c3)OC3(CCCCC3)O4)CC2)c(F)c1. The number of nitrogens with one attached hydrogen (secondary N) is 1. The fourth-order valence-electron chi connectivity index (χ4n) is 5.00. The highest BCUT2D eigenvalue weighted by Crippen LogP contribution is 2.46. The maximum absolute atomic E-state index is 14.5. The van der Waals surface area contributed by atoms with Gasteiger partial charge in [-0.05, 0) is 50.1 Å². The van der Waals surface area contributed by atoms with Crippen LogP contribution in [0.3, 0.4) is 0 Å². The minimum atomic E-state index is -0.533. The van der Waals surface area contributed by atoms with Gasteiger partial charge in [-0.2, -0.15) is 0 Å². The lowest BCUT2D eigenvalue weighted by atomic mass is 9.94. The van der Waals surface area contributed by atoms with Gasteiger partial charge in [0.1, 0.15) is 5.82 Å². The molecule has 0 aromatic heterocycles. The first kappa shape index (κ1) is 22.7. The van der Waals surface area contributed by atoms with Gasteiger partial charge in [0.2, 0.25) is 5.91 Å².